The minimum atomic E-state index is -0.137. The third kappa shape index (κ3) is 3.45. The molecule has 0 saturated carbocycles. The maximum absolute atomic E-state index is 12.4. The summed E-state index contributed by atoms with van der Waals surface area (Å²) in [7, 11) is 1.56. The number of hydrogen-bond acceptors (Lipinski definition) is 7. The standard InChI is InChI=1S/C17H18N4O2S2/c1-23-14-6-5-11(10-18-14)19-15(22)13-9-12-16(24-13)25-17(20-12)21-7-3-2-4-8-21/h5-6,9-10H,2-4,7-8H2,1H3,(H,19,22). The summed E-state index contributed by atoms with van der Waals surface area (Å²) in [5, 5.41) is 3.93. The van der Waals surface area contributed by atoms with Crippen molar-refractivity contribution in [1.29, 1.82) is 0 Å². The van der Waals surface area contributed by atoms with Crippen LogP contribution in [-0.4, -0.2) is 36.1 Å². The highest BCUT2D eigenvalue weighted by atomic mass is 32.2. The van der Waals surface area contributed by atoms with E-state index >= 15 is 0 Å². The highest BCUT2D eigenvalue weighted by Gasteiger charge is 2.18. The lowest BCUT2D eigenvalue weighted by Crippen LogP contribution is -2.29. The SMILES string of the molecule is COc1ccc(NC(=O)c2cc3nc(N4CCCCC4)sc3s2)cn1. The van der Waals surface area contributed by atoms with Crippen LogP contribution in [0.3, 0.4) is 0 Å². The zero-order valence-corrected chi connectivity index (χ0v) is 15.5. The number of nitrogens with zero attached hydrogens (tertiary/aromatic N) is 3. The van der Waals surface area contributed by atoms with Crippen molar-refractivity contribution >= 4 is 48.9 Å². The summed E-state index contributed by atoms with van der Waals surface area (Å²) in [6, 6.07) is 5.36. The third-order valence-electron chi connectivity index (χ3n) is 4.13. The van der Waals surface area contributed by atoms with E-state index < -0.39 is 0 Å². The van der Waals surface area contributed by atoms with Gasteiger partial charge in [-0.3, -0.25) is 4.79 Å². The summed E-state index contributed by atoms with van der Waals surface area (Å²) < 4.78 is 6.11. The minimum absolute atomic E-state index is 0.137. The van der Waals surface area contributed by atoms with Crippen molar-refractivity contribution in [2.24, 2.45) is 0 Å². The molecule has 0 radical (unpaired) electrons. The molecule has 4 rings (SSSR count). The number of pyridine rings is 1. The van der Waals surface area contributed by atoms with Crippen LogP contribution in [-0.2, 0) is 0 Å². The highest BCUT2D eigenvalue weighted by Crippen LogP contribution is 2.36. The van der Waals surface area contributed by atoms with E-state index in [2.05, 4.69) is 15.2 Å². The average Bonchev–Trinajstić information content (AvgIpc) is 3.22. The van der Waals surface area contributed by atoms with Crippen molar-refractivity contribution in [1.82, 2.24) is 9.97 Å². The van der Waals surface area contributed by atoms with Gasteiger partial charge >= 0.3 is 0 Å². The Morgan fingerprint density at radius 3 is 2.76 bits per heavy atom. The molecular weight excluding hydrogens is 356 g/mol. The molecule has 4 heterocycles. The van der Waals surface area contributed by atoms with Crippen LogP contribution in [0.15, 0.2) is 24.4 Å². The Morgan fingerprint density at radius 2 is 2.08 bits per heavy atom. The van der Waals surface area contributed by atoms with Crippen LogP contribution in [0.4, 0.5) is 10.8 Å². The normalized spacial score (nSPS) is 14.7. The summed E-state index contributed by atoms with van der Waals surface area (Å²) in [6.45, 7) is 2.16. The van der Waals surface area contributed by atoms with Crippen LogP contribution in [0, 0.1) is 0 Å². The number of nitrogens with one attached hydrogen (secondary N) is 1. The Morgan fingerprint density at radius 1 is 1.24 bits per heavy atom. The van der Waals surface area contributed by atoms with Gasteiger partial charge in [-0.05, 0) is 31.4 Å². The van der Waals surface area contributed by atoms with Crippen LogP contribution < -0.4 is 15.0 Å². The number of hydrogen-bond donors (Lipinski definition) is 1. The Kier molecular flexibility index (Phi) is 4.54. The van der Waals surface area contributed by atoms with Gasteiger partial charge in [0.1, 0.15) is 4.01 Å². The van der Waals surface area contributed by atoms with E-state index in [1.807, 2.05) is 6.07 Å². The fraction of sp³-hybridized carbons (Fsp3) is 0.353. The number of carbonyl (C=O) groups is 1. The van der Waals surface area contributed by atoms with Gasteiger partial charge in [-0.2, -0.15) is 0 Å². The van der Waals surface area contributed by atoms with Crippen LogP contribution in [0.2, 0.25) is 0 Å². The number of thiophene rings is 1. The van der Waals surface area contributed by atoms with Gasteiger partial charge in [0.15, 0.2) is 5.13 Å². The molecule has 1 aliphatic heterocycles. The monoisotopic (exact) mass is 374 g/mol. The lowest BCUT2D eigenvalue weighted by Gasteiger charge is -2.25. The van der Waals surface area contributed by atoms with Gasteiger partial charge in [0, 0.05) is 19.2 Å². The molecule has 3 aromatic rings. The predicted octanol–water partition coefficient (Wildman–Crippen LogP) is 4.00. The molecule has 1 N–H and O–H groups in total. The number of anilines is 2. The van der Waals surface area contributed by atoms with Crippen molar-refractivity contribution in [3.05, 3.63) is 29.3 Å². The van der Waals surface area contributed by atoms with Crippen molar-refractivity contribution < 1.29 is 9.53 Å². The van der Waals surface area contributed by atoms with E-state index in [0.29, 0.717) is 16.4 Å². The molecular formula is C17H18N4O2S2. The summed E-state index contributed by atoms with van der Waals surface area (Å²) in [6.07, 6.45) is 5.35. The molecule has 0 atom stereocenters. The number of aromatic nitrogens is 2. The molecule has 1 aliphatic rings. The average molecular weight is 374 g/mol. The highest BCUT2D eigenvalue weighted by molar-refractivity contribution is 7.40. The number of methoxy groups -OCH3 is 1. The van der Waals surface area contributed by atoms with Crippen molar-refractivity contribution in [3.8, 4) is 5.88 Å². The van der Waals surface area contributed by atoms with E-state index in [0.717, 1.165) is 27.8 Å². The molecule has 0 aliphatic carbocycles. The Balaban J connectivity index is 1.48. The molecule has 3 aromatic heterocycles. The Labute approximate surface area is 153 Å². The molecule has 130 valence electrons. The number of piperidine rings is 1. The molecule has 0 spiro atoms. The Hall–Kier alpha value is -2.19. The number of ether oxygens (including phenoxy) is 1. The predicted molar refractivity (Wildman–Crippen MR) is 102 cm³/mol. The summed E-state index contributed by atoms with van der Waals surface area (Å²) in [5.74, 6) is 0.380. The van der Waals surface area contributed by atoms with E-state index in [-0.39, 0.29) is 5.91 Å². The summed E-state index contributed by atoms with van der Waals surface area (Å²) in [4.78, 5) is 24.2. The third-order valence-corrected chi connectivity index (χ3v) is 6.48. The second-order valence-corrected chi connectivity index (χ2v) is 8.16. The number of thiazole rings is 1. The zero-order chi connectivity index (χ0) is 17.2. The zero-order valence-electron chi connectivity index (χ0n) is 13.8. The van der Waals surface area contributed by atoms with E-state index in [1.165, 1.54) is 30.6 Å². The molecule has 6 nitrogen and oxygen atoms in total. The second-order valence-electron chi connectivity index (χ2n) is 5.87. The number of amides is 1. The molecule has 0 aromatic carbocycles. The first-order valence-corrected chi connectivity index (χ1v) is 9.83. The fourth-order valence-electron chi connectivity index (χ4n) is 2.82. The molecule has 8 heteroatoms. The van der Waals surface area contributed by atoms with Crippen LogP contribution in [0.5, 0.6) is 5.88 Å². The Bertz CT molecular complexity index is 850. The maximum atomic E-state index is 12.4. The molecule has 1 amide bonds. The van der Waals surface area contributed by atoms with Crippen LogP contribution in [0.1, 0.15) is 28.9 Å². The summed E-state index contributed by atoms with van der Waals surface area (Å²) in [5.41, 5.74) is 1.55. The lowest BCUT2D eigenvalue weighted by atomic mass is 10.1. The fourth-order valence-corrected chi connectivity index (χ4v) is 5.04. The molecule has 25 heavy (non-hydrogen) atoms. The molecule has 1 fully saturated rings. The van der Waals surface area contributed by atoms with Gasteiger partial charge in [-0.15, -0.1) is 11.3 Å². The summed E-state index contributed by atoms with van der Waals surface area (Å²) >= 11 is 3.17. The van der Waals surface area contributed by atoms with Crippen molar-refractivity contribution in [2.45, 2.75) is 19.3 Å². The smallest absolute Gasteiger partial charge is 0.265 e. The first-order chi connectivity index (χ1) is 12.2. The quantitative estimate of drug-likeness (QED) is 0.747. The van der Waals surface area contributed by atoms with Gasteiger partial charge in [0.2, 0.25) is 5.88 Å². The second kappa shape index (κ2) is 6.97. The van der Waals surface area contributed by atoms with Gasteiger partial charge in [0.05, 0.1) is 29.4 Å². The first kappa shape index (κ1) is 16.3. The van der Waals surface area contributed by atoms with Crippen molar-refractivity contribution in [2.75, 3.05) is 30.4 Å². The van der Waals surface area contributed by atoms with E-state index in [1.54, 1.807) is 36.8 Å². The number of carbonyl (C=O) groups excluding carboxylic acids is 1. The lowest BCUT2D eigenvalue weighted by molar-refractivity contribution is 0.103. The topological polar surface area (TPSA) is 67.3 Å². The van der Waals surface area contributed by atoms with Gasteiger partial charge in [-0.25, -0.2) is 9.97 Å². The van der Waals surface area contributed by atoms with Crippen LogP contribution >= 0.6 is 22.7 Å². The minimum Gasteiger partial charge on any atom is -0.481 e. The van der Waals surface area contributed by atoms with Gasteiger partial charge in [0.25, 0.3) is 5.91 Å². The molecule has 0 bridgehead atoms. The molecule has 1 saturated heterocycles. The first-order valence-electron chi connectivity index (χ1n) is 8.19. The maximum Gasteiger partial charge on any atom is 0.265 e. The van der Waals surface area contributed by atoms with Gasteiger partial charge in [-0.1, -0.05) is 11.3 Å². The van der Waals surface area contributed by atoms with Crippen molar-refractivity contribution in [3.63, 3.8) is 0 Å². The number of rotatable bonds is 4. The van der Waals surface area contributed by atoms with E-state index in [4.69, 9.17) is 9.72 Å². The largest absolute Gasteiger partial charge is 0.481 e. The van der Waals surface area contributed by atoms with E-state index in [9.17, 15) is 4.79 Å². The van der Waals surface area contributed by atoms with Gasteiger partial charge < -0.3 is 15.0 Å². The number of fused-ring (bicyclic) bond motifs is 1. The molecule has 0 unspecified atom stereocenters. The van der Waals surface area contributed by atoms with Crippen LogP contribution in [0.25, 0.3) is 9.53 Å².